The number of hydrogen-bond acceptors (Lipinski definition) is 3. The Bertz CT molecular complexity index is 487. The van der Waals surface area contributed by atoms with Gasteiger partial charge in [0.1, 0.15) is 5.65 Å². The van der Waals surface area contributed by atoms with E-state index in [0.717, 1.165) is 16.7 Å². The quantitative estimate of drug-likeness (QED) is 0.708. The van der Waals surface area contributed by atoms with Crippen LogP contribution in [0.5, 0.6) is 0 Å². The van der Waals surface area contributed by atoms with Crippen molar-refractivity contribution in [2.75, 3.05) is 12.4 Å². The van der Waals surface area contributed by atoms with E-state index < -0.39 is 0 Å². The minimum Gasteiger partial charge on any atom is -0.387 e. The Morgan fingerprint density at radius 2 is 2.29 bits per heavy atom. The summed E-state index contributed by atoms with van der Waals surface area (Å²) >= 11 is 0. The lowest BCUT2D eigenvalue weighted by Gasteiger charge is -1.96. The van der Waals surface area contributed by atoms with E-state index in [1.807, 2.05) is 19.2 Å². The fraction of sp³-hybridized carbons (Fsp3) is 0.200. The Balaban J connectivity index is 2.60. The zero-order valence-corrected chi connectivity index (χ0v) is 8.09. The van der Waals surface area contributed by atoms with Crippen LogP contribution in [0.3, 0.4) is 0 Å². The number of hydrogen-bond donors (Lipinski definition) is 2. The SMILES string of the molecule is CNc1cnc2[nH]c(C(C)=O)cc2c1. The number of nitrogens with zero attached hydrogens (tertiary/aromatic N) is 1. The Kier molecular flexibility index (Phi) is 1.96. The molecule has 4 nitrogen and oxygen atoms in total. The van der Waals surface area contributed by atoms with Gasteiger partial charge in [0, 0.05) is 19.4 Å². The van der Waals surface area contributed by atoms with Gasteiger partial charge in [-0.25, -0.2) is 4.98 Å². The highest BCUT2D eigenvalue weighted by Gasteiger charge is 2.05. The molecule has 0 saturated heterocycles. The van der Waals surface area contributed by atoms with Crippen molar-refractivity contribution in [2.45, 2.75) is 6.92 Å². The molecule has 0 aliphatic rings. The first kappa shape index (κ1) is 8.74. The maximum atomic E-state index is 11.1. The van der Waals surface area contributed by atoms with Crippen molar-refractivity contribution in [2.24, 2.45) is 0 Å². The molecular formula is C10H11N3O. The van der Waals surface area contributed by atoms with Gasteiger partial charge in [-0.3, -0.25) is 4.79 Å². The number of pyridine rings is 1. The van der Waals surface area contributed by atoms with Crippen molar-refractivity contribution < 1.29 is 4.79 Å². The molecule has 2 rings (SSSR count). The first-order valence-corrected chi connectivity index (χ1v) is 4.38. The summed E-state index contributed by atoms with van der Waals surface area (Å²) in [7, 11) is 1.83. The van der Waals surface area contributed by atoms with Crippen LogP contribution in [-0.4, -0.2) is 22.8 Å². The Morgan fingerprint density at radius 3 is 2.93 bits per heavy atom. The molecule has 0 aromatic carbocycles. The molecule has 0 radical (unpaired) electrons. The van der Waals surface area contributed by atoms with Crippen LogP contribution in [0.15, 0.2) is 18.3 Å². The number of aromatic nitrogens is 2. The van der Waals surface area contributed by atoms with E-state index in [-0.39, 0.29) is 5.78 Å². The Hall–Kier alpha value is -1.84. The highest BCUT2D eigenvalue weighted by molar-refractivity contribution is 5.97. The third-order valence-corrected chi connectivity index (χ3v) is 2.14. The molecule has 2 aromatic rings. The summed E-state index contributed by atoms with van der Waals surface area (Å²) in [6.45, 7) is 1.53. The van der Waals surface area contributed by atoms with E-state index in [4.69, 9.17) is 0 Å². The van der Waals surface area contributed by atoms with Crippen LogP contribution in [0.1, 0.15) is 17.4 Å². The van der Waals surface area contributed by atoms with Crippen molar-refractivity contribution in [3.05, 3.63) is 24.0 Å². The summed E-state index contributed by atoms with van der Waals surface area (Å²) in [5.41, 5.74) is 2.28. The lowest BCUT2D eigenvalue weighted by Crippen LogP contribution is -1.90. The molecule has 72 valence electrons. The predicted molar refractivity (Wildman–Crippen MR) is 55.6 cm³/mol. The number of ketones is 1. The second kappa shape index (κ2) is 3.14. The van der Waals surface area contributed by atoms with Gasteiger partial charge >= 0.3 is 0 Å². The maximum absolute atomic E-state index is 11.1. The third-order valence-electron chi connectivity index (χ3n) is 2.14. The fourth-order valence-corrected chi connectivity index (χ4v) is 1.34. The van der Waals surface area contributed by atoms with Crippen molar-refractivity contribution in [3.8, 4) is 0 Å². The van der Waals surface area contributed by atoms with Crippen LogP contribution in [0.25, 0.3) is 11.0 Å². The van der Waals surface area contributed by atoms with E-state index in [0.29, 0.717) is 5.69 Å². The zero-order valence-electron chi connectivity index (χ0n) is 8.09. The molecule has 4 heteroatoms. The molecule has 0 spiro atoms. The summed E-state index contributed by atoms with van der Waals surface area (Å²) in [5, 5.41) is 3.94. The molecule has 0 amide bonds. The summed E-state index contributed by atoms with van der Waals surface area (Å²) in [6, 6.07) is 3.76. The van der Waals surface area contributed by atoms with Gasteiger partial charge in [0.15, 0.2) is 5.78 Å². The van der Waals surface area contributed by atoms with Gasteiger partial charge in [0.05, 0.1) is 17.6 Å². The average Bonchev–Trinajstić information content (AvgIpc) is 2.59. The summed E-state index contributed by atoms with van der Waals surface area (Å²) < 4.78 is 0. The summed E-state index contributed by atoms with van der Waals surface area (Å²) in [5.74, 6) is 0.0222. The number of rotatable bonds is 2. The van der Waals surface area contributed by atoms with E-state index in [1.54, 1.807) is 6.20 Å². The van der Waals surface area contributed by atoms with Gasteiger partial charge in [-0.2, -0.15) is 0 Å². The van der Waals surface area contributed by atoms with Crippen LogP contribution in [-0.2, 0) is 0 Å². The van der Waals surface area contributed by atoms with Crippen molar-refractivity contribution in [1.82, 2.24) is 9.97 Å². The highest BCUT2D eigenvalue weighted by Crippen LogP contribution is 2.17. The topological polar surface area (TPSA) is 57.8 Å². The number of aromatic amines is 1. The van der Waals surface area contributed by atoms with E-state index in [1.165, 1.54) is 6.92 Å². The zero-order chi connectivity index (χ0) is 10.1. The number of fused-ring (bicyclic) bond motifs is 1. The number of H-pyrrole nitrogens is 1. The Labute approximate surface area is 81.3 Å². The van der Waals surface area contributed by atoms with Gasteiger partial charge in [0.2, 0.25) is 0 Å². The largest absolute Gasteiger partial charge is 0.387 e. The third kappa shape index (κ3) is 1.35. The number of Topliss-reactive ketones (excluding diaryl/α,β-unsaturated/α-hetero) is 1. The molecule has 0 bridgehead atoms. The van der Waals surface area contributed by atoms with Gasteiger partial charge < -0.3 is 10.3 Å². The van der Waals surface area contributed by atoms with Gasteiger partial charge in [-0.1, -0.05) is 0 Å². The van der Waals surface area contributed by atoms with Crippen LogP contribution >= 0.6 is 0 Å². The van der Waals surface area contributed by atoms with E-state index in [9.17, 15) is 4.79 Å². The molecule has 0 aliphatic carbocycles. The smallest absolute Gasteiger partial charge is 0.176 e. The standard InChI is InChI=1S/C10H11N3O/c1-6(14)9-4-7-3-8(11-2)5-12-10(7)13-9/h3-5,11H,1-2H3,(H,12,13). The molecule has 2 heterocycles. The molecule has 0 saturated carbocycles. The highest BCUT2D eigenvalue weighted by atomic mass is 16.1. The second-order valence-corrected chi connectivity index (χ2v) is 3.15. The Morgan fingerprint density at radius 1 is 1.50 bits per heavy atom. The number of nitrogens with one attached hydrogen (secondary N) is 2. The summed E-state index contributed by atoms with van der Waals surface area (Å²) in [4.78, 5) is 18.2. The lowest BCUT2D eigenvalue weighted by atomic mass is 10.2. The molecule has 0 atom stereocenters. The van der Waals surface area contributed by atoms with E-state index >= 15 is 0 Å². The molecule has 0 unspecified atom stereocenters. The van der Waals surface area contributed by atoms with Crippen LogP contribution in [0, 0.1) is 0 Å². The molecule has 2 N–H and O–H groups in total. The number of carbonyl (C=O) groups is 1. The molecular weight excluding hydrogens is 178 g/mol. The van der Waals surface area contributed by atoms with Crippen molar-refractivity contribution in [3.63, 3.8) is 0 Å². The molecule has 2 aromatic heterocycles. The monoisotopic (exact) mass is 189 g/mol. The van der Waals surface area contributed by atoms with Crippen LogP contribution in [0.2, 0.25) is 0 Å². The minimum absolute atomic E-state index is 0.0222. The van der Waals surface area contributed by atoms with E-state index in [2.05, 4.69) is 15.3 Å². The fourth-order valence-electron chi connectivity index (χ4n) is 1.34. The number of carbonyl (C=O) groups excluding carboxylic acids is 1. The number of anilines is 1. The van der Waals surface area contributed by atoms with Crippen molar-refractivity contribution >= 4 is 22.5 Å². The molecule has 14 heavy (non-hydrogen) atoms. The van der Waals surface area contributed by atoms with Gasteiger partial charge in [0.25, 0.3) is 0 Å². The first-order chi connectivity index (χ1) is 6.70. The summed E-state index contributed by atoms with van der Waals surface area (Å²) in [6.07, 6.45) is 1.72. The second-order valence-electron chi connectivity index (χ2n) is 3.15. The molecule has 0 aliphatic heterocycles. The average molecular weight is 189 g/mol. The van der Waals surface area contributed by atoms with Crippen LogP contribution in [0.4, 0.5) is 5.69 Å². The van der Waals surface area contributed by atoms with Gasteiger partial charge in [-0.05, 0) is 12.1 Å². The predicted octanol–water partition coefficient (Wildman–Crippen LogP) is 1.81. The lowest BCUT2D eigenvalue weighted by molar-refractivity contribution is 0.101. The molecule has 0 fully saturated rings. The normalized spacial score (nSPS) is 10.4. The minimum atomic E-state index is 0.0222. The van der Waals surface area contributed by atoms with Crippen LogP contribution < -0.4 is 5.32 Å². The maximum Gasteiger partial charge on any atom is 0.176 e. The first-order valence-electron chi connectivity index (χ1n) is 4.38. The van der Waals surface area contributed by atoms with Gasteiger partial charge in [-0.15, -0.1) is 0 Å². The van der Waals surface area contributed by atoms with Crippen molar-refractivity contribution in [1.29, 1.82) is 0 Å².